The first kappa shape index (κ1) is 14.6. The Morgan fingerprint density at radius 1 is 1.09 bits per heavy atom. The quantitative estimate of drug-likeness (QED) is 0.911. The fraction of sp³-hybridized carbons (Fsp3) is 0.222. The van der Waals surface area contributed by atoms with E-state index in [-0.39, 0.29) is 6.10 Å². The number of para-hydroxylation sites is 1. The fourth-order valence-electron chi connectivity index (χ4n) is 2.52. The van der Waals surface area contributed by atoms with Crippen molar-refractivity contribution in [2.24, 2.45) is 0 Å². The number of hydrogen-bond donors (Lipinski definition) is 2. The molecule has 1 aliphatic heterocycles. The predicted octanol–water partition coefficient (Wildman–Crippen LogP) is 3.47. The molecule has 1 fully saturated rings. The lowest BCUT2D eigenvalue weighted by molar-refractivity contribution is 0.115. The minimum atomic E-state index is -0.411. The van der Waals surface area contributed by atoms with Crippen LogP contribution in [0.25, 0.3) is 11.1 Å². The molecule has 2 aromatic carbocycles. The van der Waals surface area contributed by atoms with Gasteiger partial charge in [0, 0.05) is 18.5 Å². The Balaban J connectivity index is 1.71. The summed E-state index contributed by atoms with van der Waals surface area (Å²) in [6, 6.07) is 17.7. The number of amides is 1. The molecule has 1 unspecified atom stereocenters. The smallest absolute Gasteiger partial charge is 0.411 e. The maximum Gasteiger partial charge on any atom is 0.411 e. The highest BCUT2D eigenvalue weighted by molar-refractivity contribution is 5.91. The van der Waals surface area contributed by atoms with E-state index in [1.165, 1.54) is 0 Å². The summed E-state index contributed by atoms with van der Waals surface area (Å²) in [7, 11) is 0. The van der Waals surface area contributed by atoms with Crippen molar-refractivity contribution < 1.29 is 9.53 Å². The molecule has 4 heteroatoms. The van der Waals surface area contributed by atoms with Crippen molar-refractivity contribution in [3.8, 4) is 11.1 Å². The number of hydrogen-bond acceptors (Lipinski definition) is 3. The van der Waals surface area contributed by atoms with Gasteiger partial charge in [-0.15, -0.1) is 0 Å². The lowest BCUT2D eigenvalue weighted by Crippen LogP contribution is -2.35. The van der Waals surface area contributed by atoms with Crippen LogP contribution in [0.3, 0.4) is 0 Å². The predicted molar refractivity (Wildman–Crippen MR) is 87.6 cm³/mol. The molecule has 1 aliphatic rings. The Labute approximate surface area is 130 Å². The zero-order chi connectivity index (χ0) is 15.2. The largest absolute Gasteiger partial charge is 0.446 e. The van der Waals surface area contributed by atoms with Crippen LogP contribution in [-0.4, -0.2) is 25.3 Å². The summed E-state index contributed by atoms with van der Waals surface area (Å²) in [5.41, 5.74) is 2.80. The molecule has 1 heterocycles. The normalized spacial score (nSPS) is 15.3. The molecule has 2 N–H and O–H groups in total. The van der Waals surface area contributed by atoms with Crippen LogP contribution in [0, 0.1) is 6.42 Å². The van der Waals surface area contributed by atoms with E-state index in [1.54, 1.807) is 0 Å². The maximum atomic E-state index is 12.1. The summed E-state index contributed by atoms with van der Waals surface area (Å²) >= 11 is 0. The number of benzene rings is 2. The summed E-state index contributed by atoms with van der Waals surface area (Å²) in [5.74, 6) is 0. The molecule has 0 aliphatic carbocycles. The third-order valence-corrected chi connectivity index (χ3v) is 3.64. The number of carbonyl (C=O) groups excluding carboxylic acids is 1. The van der Waals surface area contributed by atoms with Crippen LogP contribution in [0.4, 0.5) is 10.5 Å². The summed E-state index contributed by atoms with van der Waals surface area (Å²) in [5, 5.41) is 6.06. The third kappa shape index (κ3) is 3.65. The lowest BCUT2D eigenvalue weighted by Gasteiger charge is -2.22. The average Bonchev–Trinajstić information content (AvgIpc) is 2.57. The highest BCUT2D eigenvalue weighted by Crippen LogP contribution is 2.27. The highest BCUT2D eigenvalue weighted by atomic mass is 16.6. The number of rotatable bonds is 3. The SMILES string of the molecule is O=C(Nc1ccccc1-c1ccccc1)OC1[CH]CNCC1. The molecule has 0 aromatic heterocycles. The molecule has 4 nitrogen and oxygen atoms in total. The van der Waals surface area contributed by atoms with Crippen LogP contribution in [-0.2, 0) is 4.74 Å². The van der Waals surface area contributed by atoms with E-state index in [0.29, 0.717) is 0 Å². The Hall–Kier alpha value is -2.33. The molecule has 1 radical (unpaired) electrons. The van der Waals surface area contributed by atoms with E-state index in [4.69, 9.17) is 4.74 Å². The first-order chi connectivity index (χ1) is 10.8. The molecule has 3 rings (SSSR count). The van der Waals surface area contributed by atoms with E-state index in [2.05, 4.69) is 10.6 Å². The molecule has 1 saturated heterocycles. The molecular weight excluding hydrogens is 276 g/mol. The van der Waals surface area contributed by atoms with Crippen LogP contribution < -0.4 is 10.6 Å². The molecular formula is C18H19N2O2. The topological polar surface area (TPSA) is 50.4 Å². The van der Waals surface area contributed by atoms with E-state index in [9.17, 15) is 4.79 Å². The number of anilines is 1. The highest BCUT2D eigenvalue weighted by Gasteiger charge is 2.18. The van der Waals surface area contributed by atoms with Gasteiger partial charge in [0.15, 0.2) is 0 Å². The molecule has 0 bridgehead atoms. The van der Waals surface area contributed by atoms with Gasteiger partial charge in [-0.1, -0.05) is 48.5 Å². The van der Waals surface area contributed by atoms with Crippen LogP contribution >= 0.6 is 0 Å². The first-order valence-electron chi connectivity index (χ1n) is 7.49. The number of piperidine rings is 1. The van der Waals surface area contributed by atoms with Gasteiger partial charge in [-0.05, 0) is 24.6 Å². The molecule has 2 aromatic rings. The van der Waals surface area contributed by atoms with E-state index >= 15 is 0 Å². The maximum absolute atomic E-state index is 12.1. The molecule has 1 atom stereocenters. The monoisotopic (exact) mass is 295 g/mol. The van der Waals surface area contributed by atoms with Gasteiger partial charge in [-0.2, -0.15) is 0 Å². The van der Waals surface area contributed by atoms with Crippen LogP contribution in [0.1, 0.15) is 6.42 Å². The zero-order valence-electron chi connectivity index (χ0n) is 12.3. The fourth-order valence-corrected chi connectivity index (χ4v) is 2.52. The van der Waals surface area contributed by atoms with Crippen molar-refractivity contribution in [2.75, 3.05) is 18.4 Å². The molecule has 113 valence electrons. The van der Waals surface area contributed by atoms with Crippen molar-refractivity contribution >= 4 is 11.8 Å². The van der Waals surface area contributed by atoms with Crippen LogP contribution in [0.2, 0.25) is 0 Å². The van der Waals surface area contributed by atoms with E-state index < -0.39 is 6.09 Å². The number of nitrogens with one attached hydrogen (secondary N) is 2. The zero-order valence-corrected chi connectivity index (χ0v) is 12.3. The first-order valence-corrected chi connectivity index (χ1v) is 7.49. The van der Waals surface area contributed by atoms with Crippen LogP contribution in [0.15, 0.2) is 54.6 Å². The summed E-state index contributed by atoms with van der Waals surface area (Å²) in [6.45, 7) is 1.65. The Kier molecular flexibility index (Phi) is 4.71. The minimum Gasteiger partial charge on any atom is -0.446 e. The van der Waals surface area contributed by atoms with Crippen LogP contribution in [0.5, 0.6) is 0 Å². The Bertz CT molecular complexity index is 622. The van der Waals surface area contributed by atoms with Crippen molar-refractivity contribution in [3.63, 3.8) is 0 Å². The van der Waals surface area contributed by atoms with Crippen molar-refractivity contribution in [2.45, 2.75) is 12.5 Å². The van der Waals surface area contributed by atoms with Gasteiger partial charge in [-0.25, -0.2) is 4.79 Å². The molecule has 0 saturated carbocycles. The van der Waals surface area contributed by atoms with Gasteiger partial charge < -0.3 is 10.1 Å². The van der Waals surface area contributed by atoms with Gasteiger partial charge in [0.2, 0.25) is 0 Å². The molecule has 22 heavy (non-hydrogen) atoms. The van der Waals surface area contributed by atoms with Crippen molar-refractivity contribution in [1.29, 1.82) is 0 Å². The Morgan fingerprint density at radius 2 is 1.86 bits per heavy atom. The second-order valence-corrected chi connectivity index (χ2v) is 5.21. The third-order valence-electron chi connectivity index (χ3n) is 3.64. The number of ether oxygens (including phenoxy) is 1. The summed E-state index contributed by atoms with van der Waals surface area (Å²) < 4.78 is 5.44. The van der Waals surface area contributed by atoms with Crippen molar-refractivity contribution in [3.05, 3.63) is 61.0 Å². The van der Waals surface area contributed by atoms with Gasteiger partial charge in [0.05, 0.1) is 5.69 Å². The van der Waals surface area contributed by atoms with Gasteiger partial charge in [0.1, 0.15) is 6.10 Å². The van der Waals surface area contributed by atoms with E-state index in [1.807, 2.05) is 61.0 Å². The molecule has 0 spiro atoms. The van der Waals surface area contributed by atoms with Gasteiger partial charge in [-0.3, -0.25) is 5.32 Å². The summed E-state index contributed by atoms with van der Waals surface area (Å²) in [4.78, 5) is 12.1. The second-order valence-electron chi connectivity index (χ2n) is 5.21. The Morgan fingerprint density at radius 3 is 2.64 bits per heavy atom. The van der Waals surface area contributed by atoms with Gasteiger partial charge >= 0.3 is 6.09 Å². The average molecular weight is 295 g/mol. The van der Waals surface area contributed by atoms with E-state index in [0.717, 1.165) is 36.3 Å². The minimum absolute atomic E-state index is 0.120. The number of carbonyl (C=O) groups is 1. The van der Waals surface area contributed by atoms with Crippen molar-refractivity contribution in [1.82, 2.24) is 5.32 Å². The van der Waals surface area contributed by atoms with Gasteiger partial charge in [0.25, 0.3) is 0 Å². The lowest BCUT2D eigenvalue weighted by atomic mass is 10.0. The molecule has 1 amide bonds. The second kappa shape index (κ2) is 7.09. The summed E-state index contributed by atoms with van der Waals surface area (Å²) in [6.07, 6.45) is 2.26. The standard InChI is InChI=1S/C18H19N2O2/c21-18(22-15-10-12-19-13-11-15)20-17-9-5-4-8-16(17)14-6-2-1-3-7-14/h1-10,15,19H,11-13H2,(H,20,21).